The van der Waals surface area contributed by atoms with Crippen molar-refractivity contribution in [2.45, 2.75) is 37.5 Å². The van der Waals surface area contributed by atoms with Crippen molar-refractivity contribution in [2.75, 3.05) is 5.32 Å². The second-order valence-electron chi connectivity index (χ2n) is 8.54. The lowest BCUT2D eigenvalue weighted by molar-refractivity contribution is -0.116. The fourth-order valence-corrected chi connectivity index (χ4v) is 4.58. The fourth-order valence-electron chi connectivity index (χ4n) is 4.58. The summed E-state index contributed by atoms with van der Waals surface area (Å²) >= 11 is 0. The fraction of sp³-hybridized carbons (Fsp3) is 0.240. The number of hydrogen-bond donors (Lipinski definition) is 3. The molecule has 34 heavy (non-hydrogen) atoms. The summed E-state index contributed by atoms with van der Waals surface area (Å²) in [5.41, 5.74) is 2.27. The standard InChI is InChI=1S/C25H21FN4O4/c26-17-4-2-1-3-13(17)12-28-25(32)30-22-21-16-11-14(5-7-18(16)34-23(21)22)33-19-9-10-27-24-15(19)6-8-20(31)29-24/h1-5,7,9-11,21-23H,6,8,12H2,(H,27,29,31)(H2,28,30,32)/t21-,22+,23-/m0/s1. The molecule has 0 unspecified atom stereocenters. The van der Waals surface area contributed by atoms with E-state index in [1.54, 1.807) is 30.5 Å². The van der Waals surface area contributed by atoms with Gasteiger partial charge >= 0.3 is 6.03 Å². The summed E-state index contributed by atoms with van der Waals surface area (Å²) in [6.45, 7) is 0.104. The summed E-state index contributed by atoms with van der Waals surface area (Å²) in [6, 6.07) is 13.2. The third-order valence-electron chi connectivity index (χ3n) is 6.35. The molecular weight excluding hydrogens is 439 g/mol. The molecule has 3 N–H and O–H groups in total. The van der Waals surface area contributed by atoms with Crippen molar-refractivity contribution in [3.05, 3.63) is 77.2 Å². The van der Waals surface area contributed by atoms with Crippen LogP contribution in [0.2, 0.25) is 0 Å². The van der Waals surface area contributed by atoms with Crippen LogP contribution in [0.25, 0.3) is 0 Å². The van der Waals surface area contributed by atoms with Crippen LogP contribution < -0.4 is 25.4 Å². The SMILES string of the molecule is O=C1CCc2c(Oc3ccc4c(c3)[C@H]3[C@@H](NC(=O)NCc5ccccc5F)[C@H]3O4)ccnc2N1. The Morgan fingerprint density at radius 3 is 2.97 bits per heavy atom. The van der Waals surface area contributed by atoms with Crippen LogP contribution in [-0.4, -0.2) is 29.1 Å². The van der Waals surface area contributed by atoms with E-state index in [1.807, 2.05) is 18.2 Å². The molecule has 2 aromatic carbocycles. The van der Waals surface area contributed by atoms with Crippen LogP contribution in [0.4, 0.5) is 15.0 Å². The summed E-state index contributed by atoms with van der Waals surface area (Å²) in [6.07, 6.45) is 2.43. The Hall–Kier alpha value is -4.14. The van der Waals surface area contributed by atoms with E-state index < -0.39 is 0 Å². The van der Waals surface area contributed by atoms with E-state index in [-0.39, 0.29) is 42.4 Å². The molecule has 1 fully saturated rings. The van der Waals surface area contributed by atoms with Crippen LogP contribution in [0.1, 0.15) is 29.0 Å². The van der Waals surface area contributed by atoms with Crippen LogP contribution in [0.5, 0.6) is 17.2 Å². The summed E-state index contributed by atoms with van der Waals surface area (Å²) in [5.74, 6) is 2.23. The number of carbonyl (C=O) groups excluding carboxylic acids is 2. The highest BCUT2D eigenvalue weighted by Crippen LogP contribution is 2.54. The lowest BCUT2D eigenvalue weighted by atomic mass is 10.1. The number of halogens is 1. The summed E-state index contributed by atoms with van der Waals surface area (Å²) < 4.78 is 25.9. The van der Waals surface area contributed by atoms with Crippen LogP contribution in [0.3, 0.4) is 0 Å². The topological polar surface area (TPSA) is 102 Å². The predicted molar refractivity (Wildman–Crippen MR) is 120 cm³/mol. The second kappa shape index (κ2) is 8.02. The van der Waals surface area contributed by atoms with Gasteiger partial charge in [-0.2, -0.15) is 0 Å². The summed E-state index contributed by atoms with van der Waals surface area (Å²) in [5, 5.41) is 8.38. The molecule has 0 bridgehead atoms. The van der Waals surface area contributed by atoms with Crippen LogP contribution in [0.15, 0.2) is 54.7 Å². The molecule has 9 heteroatoms. The quantitative estimate of drug-likeness (QED) is 0.540. The van der Waals surface area contributed by atoms with Gasteiger partial charge in [0.1, 0.15) is 35.0 Å². The second-order valence-corrected chi connectivity index (χ2v) is 8.54. The number of amides is 3. The van der Waals surface area contributed by atoms with Gasteiger partial charge in [0.2, 0.25) is 5.91 Å². The molecule has 3 amide bonds. The van der Waals surface area contributed by atoms with Gasteiger partial charge in [-0.1, -0.05) is 18.2 Å². The first-order chi connectivity index (χ1) is 16.6. The summed E-state index contributed by atoms with van der Waals surface area (Å²) in [7, 11) is 0. The number of ether oxygens (including phenoxy) is 2. The van der Waals surface area contributed by atoms with Crippen molar-refractivity contribution >= 4 is 17.8 Å². The monoisotopic (exact) mass is 460 g/mol. The van der Waals surface area contributed by atoms with Crippen molar-refractivity contribution in [1.82, 2.24) is 15.6 Å². The van der Waals surface area contributed by atoms with E-state index in [0.717, 1.165) is 16.9 Å². The number of nitrogens with zero attached hydrogens (tertiary/aromatic N) is 1. The maximum atomic E-state index is 13.7. The molecule has 3 atom stereocenters. The number of pyridine rings is 1. The Balaban J connectivity index is 1.11. The zero-order valence-electron chi connectivity index (χ0n) is 18.0. The molecule has 1 saturated carbocycles. The smallest absolute Gasteiger partial charge is 0.315 e. The molecule has 1 aromatic heterocycles. The third-order valence-corrected chi connectivity index (χ3v) is 6.35. The zero-order chi connectivity index (χ0) is 23.2. The first kappa shape index (κ1) is 20.5. The first-order valence-corrected chi connectivity index (χ1v) is 11.1. The zero-order valence-corrected chi connectivity index (χ0v) is 18.0. The predicted octanol–water partition coefficient (Wildman–Crippen LogP) is 3.62. The minimum Gasteiger partial charge on any atom is -0.487 e. The molecular formula is C25H21FN4O4. The number of rotatable bonds is 5. The maximum absolute atomic E-state index is 13.7. The Morgan fingerprint density at radius 2 is 2.09 bits per heavy atom. The van der Waals surface area contributed by atoms with Gasteiger partial charge in [-0.3, -0.25) is 4.79 Å². The molecule has 8 nitrogen and oxygen atoms in total. The maximum Gasteiger partial charge on any atom is 0.315 e. The first-order valence-electron chi connectivity index (χ1n) is 11.1. The van der Waals surface area contributed by atoms with E-state index in [9.17, 15) is 14.0 Å². The molecule has 6 rings (SSSR count). The van der Waals surface area contributed by atoms with Crippen molar-refractivity contribution in [2.24, 2.45) is 0 Å². The van der Waals surface area contributed by atoms with Gasteiger partial charge in [0.25, 0.3) is 0 Å². The molecule has 0 saturated heterocycles. The van der Waals surface area contributed by atoms with E-state index in [1.165, 1.54) is 6.07 Å². The van der Waals surface area contributed by atoms with E-state index in [2.05, 4.69) is 20.9 Å². The molecule has 2 aliphatic heterocycles. The summed E-state index contributed by atoms with van der Waals surface area (Å²) in [4.78, 5) is 28.2. The van der Waals surface area contributed by atoms with Gasteiger partial charge in [-0.05, 0) is 36.8 Å². The molecule has 172 valence electrons. The van der Waals surface area contributed by atoms with Gasteiger partial charge in [0, 0.05) is 35.9 Å². The normalized spacial score (nSPS) is 21.3. The largest absolute Gasteiger partial charge is 0.487 e. The Bertz CT molecular complexity index is 1310. The molecule has 3 heterocycles. The molecule has 1 aliphatic carbocycles. The highest BCUT2D eigenvalue weighted by atomic mass is 19.1. The van der Waals surface area contributed by atoms with Crippen LogP contribution in [-0.2, 0) is 17.8 Å². The van der Waals surface area contributed by atoms with Crippen molar-refractivity contribution in [3.63, 3.8) is 0 Å². The lowest BCUT2D eigenvalue weighted by Crippen LogP contribution is -2.38. The number of fused-ring (bicyclic) bond motifs is 4. The Labute approximate surface area is 194 Å². The van der Waals surface area contributed by atoms with Crippen molar-refractivity contribution < 1.29 is 23.5 Å². The molecule has 3 aliphatic rings. The van der Waals surface area contributed by atoms with Crippen molar-refractivity contribution in [3.8, 4) is 17.2 Å². The molecule has 0 radical (unpaired) electrons. The Kier molecular flexibility index (Phi) is 4.83. The van der Waals surface area contributed by atoms with Crippen LogP contribution >= 0.6 is 0 Å². The number of benzene rings is 2. The van der Waals surface area contributed by atoms with Gasteiger partial charge in [0.15, 0.2) is 0 Å². The number of anilines is 1. The van der Waals surface area contributed by atoms with Gasteiger partial charge in [-0.25, -0.2) is 14.2 Å². The van der Waals surface area contributed by atoms with E-state index >= 15 is 0 Å². The molecule has 0 spiro atoms. The number of nitrogens with one attached hydrogen (secondary N) is 3. The van der Waals surface area contributed by atoms with Gasteiger partial charge < -0.3 is 25.4 Å². The number of carbonyl (C=O) groups is 2. The number of urea groups is 1. The van der Waals surface area contributed by atoms with Gasteiger partial charge in [0.05, 0.1) is 12.0 Å². The molecule has 3 aromatic rings. The van der Waals surface area contributed by atoms with E-state index in [0.29, 0.717) is 35.7 Å². The van der Waals surface area contributed by atoms with Gasteiger partial charge in [-0.15, -0.1) is 0 Å². The average molecular weight is 460 g/mol. The number of aromatic nitrogens is 1. The van der Waals surface area contributed by atoms with E-state index in [4.69, 9.17) is 9.47 Å². The average Bonchev–Trinajstić information content (AvgIpc) is 3.34. The highest BCUT2D eigenvalue weighted by Gasteiger charge is 2.59. The van der Waals surface area contributed by atoms with Crippen molar-refractivity contribution in [1.29, 1.82) is 0 Å². The number of hydrogen-bond acceptors (Lipinski definition) is 5. The Morgan fingerprint density at radius 1 is 1.21 bits per heavy atom. The minimum absolute atomic E-state index is 0.0309. The third kappa shape index (κ3) is 3.68. The lowest BCUT2D eigenvalue weighted by Gasteiger charge is -2.19. The highest BCUT2D eigenvalue weighted by molar-refractivity contribution is 5.93. The van der Waals surface area contributed by atoms with Crippen LogP contribution in [0, 0.1) is 5.82 Å². The minimum atomic E-state index is -0.370.